The Labute approximate surface area is 162 Å². The van der Waals surface area contributed by atoms with Crippen molar-refractivity contribution in [2.24, 2.45) is 0 Å². The van der Waals surface area contributed by atoms with Crippen LogP contribution in [0.4, 0.5) is 0 Å². The summed E-state index contributed by atoms with van der Waals surface area (Å²) in [6.07, 6.45) is 0. The zero-order valence-corrected chi connectivity index (χ0v) is 19.2. The molecule has 8 heteroatoms. The van der Waals surface area contributed by atoms with Crippen LogP contribution >= 0.6 is 8.01 Å². The molecule has 0 amide bonds. The summed E-state index contributed by atoms with van der Waals surface area (Å²) in [5.74, 6) is 0. The third-order valence-electron chi connectivity index (χ3n) is 0. The molecule has 3 radical (unpaired) electrons. The Morgan fingerprint density at radius 3 is 1.50 bits per heavy atom. The maximum Gasteiger partial charge on any atom is 1.00 e. The molecule has 0 spiro atoms. The first-order valence-corrected chi connectivity index (χ1v) is 5.37. The topological polar surface area (TPSA) is 0 Å². The van der Waals surface area contributed by atoms with E-state index in [1.807, 2.05) is 0 Å². The van der Waals surface area contributed by atoms with E-state index in [-0.39, 0.29) is 141 Å². The molecule has 0 aromatic rings. The second-order valence-corrected chi connectivity index (χ2v) is 2.60. The van der Waals surface area contributed by atoms with Gasteiger partial charge in [-0.25, -0.2) is 0 Å². The predicted octanol–water partition coefficient (Wildman–Crippen LogP) is -6.75. The summed E-state index contributed by atoms with van der Waals surface area (Å²) in [6.45, 7) is 0. The van der Waals surface area contributed by atoms with Crippen molar-refractivity contribution < 1.29 is 141 Å². The Balaban J connectivity index is -0.000000000952. The van der Waals surface area contributed by atoms with Gasteiger partial charge in [0.05, 0.1) is 7.57 Å². The van der Waals surface area contributed by atoms with Crippen molar-refractivity contribution in [1.29, 1.82) is 0 Å². The summed E-state index contributed by atoms with van der Waals surface area (Å²) < 4.78 is 0. The van der Waals surface area contributed by atoms with E-state index in [1.165, 1.54) is 9.91 Å². The molecule has 0 heterocycles. The Hall–Kier alpha value is 5.10. The van der Waals surface area contributed by atoms with Crippen LogP contribution < -0.4 is 77.0 Å². The fraction of sp³-hybridized carbons (Fsp3) is 0. The van der Waals surface area contributed by atoms with Crippen LogP contribution in [0.5, 0.6) is 0 Å². The minimum Gasteiger partial charge on any atom is -1.00 e. The number of hydrogen-bond donors (Lipinski definition) is 0. The van der Waals surface area contributed by atoms with Crippen molar-refractivity contribution in [3.63, 3.8) is 0 Å². The van der Waals surface area contributed by atoms with Gasteiger partial charge in [-0.3, -0.25) is 0 Å². The molecule has 0 rings (SSSR count). The van der Waals surface area contributed by atoms with E-state index in [9.17, 15) is 0 Å². The van der Waals surface area contributed by atoms with E-state index in [1.54, 1.807) is 0 Å². The molecule has 1 atom stereocenters. The second-order valence-electron chi connectivity index (χ2n) is 0.289. The zero-order chi connectivity index (χ0) is 2.71. The fourth-order valence-electron chi connectivity index (χ4n) is 0. The average Bonchev–Trinajstić information content (AvgIpc) is 0.918. The monoisotopic (exact) mass is 451 g/mol. The molecule has 35 valence electrons. The van der Waals surface area contributed by atoms with Crippen molar-refractivity contribution in [2.75, 3.05) is 0 Å². The first-order valence-electron chi connectivity index (χ1n) is 0.789. The van der Waals surface area contributed by atoms with Gasteiger partial charge in [-0.1, -0.05) is 0 Å². The number of hydrogen-bond acceptors (Lipinski definition) is 0. The summed E-state index contributed by atoms with van der Waals surface area (Å²) in [5, 5.41) is 0. The van der Waals surface area contributed by atoms with Crippen molar-refractivity contribution >= 4 is 25.5 Å². The third kappa shape index (κ3) is 43.5. The molecule has 0 aliphatic rings. The molecule has 0 fully saturated rings. The van der Waals surface area contributed by atoms with Crippen LogP contribution in [0.15, 0.2) is 0 Å². The number of rotatable bonds is 0. The summed E-state index contributed by atoms with van der Waals surface area (Å²) in [4.78, 5) is 0. The van der Waals surface area contributed by atoms with E-state index in [0.717, 1.165) is 8.01 Å². The van der Waals surface area contributed by atoms with Crippen LogP contribution in [0, 0.1) is 0 Å². The van der Waals surface area contributed by atoms with Gasteiger partial charge >= 0.3 is 77.0 Å². The van der Waals surface area contributed by atoms with Crippen molar-refractivity contribution in [3.05, 3.63) is 0 Å². The quantitative estimate of drug-likeness (QED) is 0.254. The van der Waals surface area contributed by atoms with Gasteiger partial charge in [-0.2, -0.15) is 8.01 Å². The molecule has 0 aromatic heterocycles. The van der Waals surface area contributed by atoms with Gasteiger partial charge in [0.25, 0.3) is 0 Å². The molecule has 0 saturated heterocycles. The average molecular weight is 451 g/mol. The summed E-state index contributed by atoms with van der Waals surface area (Å²) in [7, 11) is 6.83. The van der Waals surface area contributed by atoms with Crippen LogP contribution in [0.1, 0.15) is 2.85 Å². The zero-order valence-electron chi connectivity index (χ0n) is 7.43. The minimum atomic E-state index is 0. The Kier molecular flexibility index (Phi) is 191. The van der Waals surface area contributed by atoms with Crippen molar-refractivity contribution in [3.8, 4) is 0 Å². The molecule has 1 unspecified atom stereocenters. The van der Waals surface area contributed by atoms with Gasteiger partial charge in [0.2, 0.25) is 0 Å². The first-order chi connectivity index (χ1) is 1.41. The maximum atomic E-state index is 4.94. The molecular weight excluding hydrogens is 445 g/mol. The molecular formula is H6BLiPRbSiTiVW. The van der Waals surface area contributed by atoms with Gasteiger partial charge in [-0.15, -0.1) is 0 Å². The molecule has 0 aliphatic carbocycles. The molecule has 0 saturated carbocycles. The maximum absolute atomic E-state index is 4.94. The van der Waals surface area contributed by atoms with Crippen LogP contribution in [0.25, 0.3) is 0 Å². The van der Waals surface area contributed by atoms with E-state index in [2.05, 4.69) is 0 Å². The van der Waals surface area contributed by atoms with Gasteiger partial charge in [0.1, 0.15) is 0 Å². The molecule has 0 aliphatic heterocycles. The van der Waals surface area contributed by atoms with Crippen LogP contribution in [-0.4, -0.2) is 17.5 Å². The molecule has 0 aromatic carbocycles. The van der Waals surface area contributed by atoms with E-state index in [4.69, 9.17) is 7.57 Å². The Morgan fingerprint density at radius 1 is 1.50 bits per heavy atom. The summed E-state index contributed by atoms with van der Waals surface area (Å²) >= 11 is 0. The van der Waals surface area contributed by atoms with Crippen molar-refractivity contribution in [2.45, 2.75) is 0 Å². The van der Waals surface area contributed by atoms with E-state index < -0.39 is 0 Å². The largest absolute Gasteiger partial charge is 1.00 e. The molecule has 8 heavy (non-hydrogen) atoms. The summed E-state index contributed by atoms with van der Waals surface area (Å²) in [5.41, 5.74) is 0. The van der Waals surface area contributed by atoms with Crippen LogP contribution in [0.3, 0.4) is 0 Å². The normalized spacial score (nSPS) is 4.00. The van der Waals surface area contributed by atoms with Crippen molar-refractivity contribution in [1.82, 2.24) is 0 Å². The predicted molar refractivity (Wildman–Crippen MR) is 26.2 cm³/mol. The van der Waals surface area contributed by atoms with Gasteiger partial charge in [-0.05, 0) is 0 Å². The van der Waals surface area contributed by atoms with Gasteiger partial charge in [0, 0.05) is 71.2 Å². The van der Waals surface area contributed by atoms with Crippen LogP contribution in [0.2, 0.25) is 0 Å². The Morgan fingerprint density at radius 2 is 1.50 bits per heavy atom. The third-order valence-corrected chi connectivity index (χ3v) is 0. The summed E-state index contributed by atoms with van der Waals surface area (Å²) in [6, 6.07) is 0. The van der Waals surface area contributed by atoms with Gasteiger partial charge < -0.3 is 2.85 Å². The first kappa shape index (κ1) is 38.0. The van der Waals surface area contributed by atoms with E-state index >= 15 is 0 Å². The SMILES string of the molecule is [B]P[SiH3].[H-].[H-].[Li+].[Rb+].[Ti].[V].[W]. The minimum absolute atomic E-state index is 0. The molecule has 0 nitrogen and oxygen atoms in total. The molecule has 0 N–H and O–H groups in total. The second kappa shape index (κ2) is 40.1. The fourth-order valence-corrected chi connectivity index (χ4v) is 0. The molecule has 0 bridgehead atoms. The van der Waals surface area contributed by atoms with Gasteiger partial charge in [0.15, 0.2) is 0 Å². The van der Waals surface area contributed by atoms with E-state index in [0.29, 0.717) is 0 Å². The smallest absolute Gasteiger partial charge is 1.00 e. The van der Waals surface area contributed by atoms with Crippen LogP contribution in [-0.2, 0) is 61.3 Å². The standard InChI is InChI=1S/BH4PSi.Li.Rb.Ti.V.W.2H/c1-2-3;;;;;;;/h2H,3H3;;;;;;;/q;2*+1;;;;2*-1. The Bertz CT molecular complexity index is 31.2.